The first kappa shape index (κ1) is 24.2. The molecule has 1 N–H and O–H groups in total. The van der Waals surface area contributed by atoms with Gasteiger partial charge in [0.25, 0.3) is 5.43 Å². The first-order valence-corrected chi connectivity index (χ1v) is 13.5. The summed E-state index contributed by atoms with van der Waals surface area (Å²) in [5.74, 6) is -0.425. The van der Waals surface area contributed by atoms with Gasteiger partial charge in [0.2, 0.25) is 5.43 Å². The molecule has 0 atom stereocenters. The quantitative estimate of drug-likeness (QED) is 0.195. The Morgan fingerprint density at radius 3 is 2.13 bits per heavy atom. The van der Waals surface area contributed by atoms with Gasteiger partial charge >= 0.3 is 0 Å². The zero-order valence-corrected chi connectivity index (χ0v) is 22.1. The Hall–Kier alpha value is -4.12. The molecule has 2 heterocycles. The van der Waals surface area contributed by atoms with Gasteiger partial charge < -0.3 is 14.6 Å². The van der Waals surface area contributed by atoms with E-state index in [1.54, 1.807) is 6.08 Å². The zero-order chi connectivity index (χ0) is 26.6. The molecule has 0 aliphatic carbocycles. The molecular weight excluding hydrogens is 472 g/mol. The van der Waals surface area contributed by atoms with E-state index in [1.165, 1.54) is 17.2 Å². The number of benzene rings is 3. The third kappa shape index (κ3) is 3.52. The summed E-state index contributed by atoms with van der Waals surface area (Å²) < 4.78 is 2.32. The van der Waals surface area contributed by atoms with Gasteiger partial charge in [-0.15, -0.1) is 0 Å². The van der Waals surface area contributed by atoms with Gasteiger partial charge in [-0.2, -0.15) is 0 Å². The Balaban J connectivity index is 1.52. The number of aromatic hydroxyl groups is 1. The molecule has 0 unspecified atom stereocenters. The largest absolute Gasteiger partial charge is 0.504 e. The lowest BCUT2D eigenvalue weighted by atomic mass is 9.82. The zero-order valence-electron chi connectivity index (χ0n) is 22.1. The summed E-state index contributed by atoms with van der Waals surface area (Å²) >= 11 is 0. The number of anilines is 1. The highest BCUT2D eigenvalue weighted by Gasteiger charge is 2.41. The summed E-state index contributed by atoms with van der Waals surface area (Å²) in [6, 6.07) is 23.6. The Morgan fingerprint density at radius 1 is 0.842 bits per heavy atom. The number of hydrogen-bond donors (Lipinski definition) is 1. The van der Waals surface area contributed by atoms with E-state index in [4.69, 9.17) is 0 Å². The Morgan fingerprint density at radius 2 is 1.50 bits per heavy atom. The van der Waals surface area contributed by atoms with Gasteiger partial charge in [-0.3, -0.25) is 9.59 Å². The Labute approximate surface area is 222 Å². The van der Waals surface area contributed by atoms with Crippen molar-refractivity contribution in [3.05, 3.63) is 104 Å². The molecule has 1 aliphatic heterocycles. The van der Waals surface area contributed by atoms with E-state index in [1.807, 2.05) is 0 Å². The van der Waals surface area contributed by atoms with Gasteiger partial charge in [0.15, 0.2) is 5.75 Å². The van der Waals surface area contributed by atoms with E-state index >= 15 is 0 Å². The number of rotatable bonds is 7. The van der Waals surface area contributed by atoms with Crippen molar-refractivity contribution in [3.8, 4) is 11.4 Å². The van der Waals surface area contributed by atoms with E-state index in [0.29, 0.717) is 0 Å². The lowest BCUT2D eigenvalue weighted by molar-refractivity contribution is 0.461. The van der Waals surface area contributed by atoms with Crippen LogP contribution in [0, 0.1) is 0 Å². The van der Waals surface area contributed by atoms with Crippen LogP contribution >= 0.6 is 0 Å². The SMILES string of the molecule is CCCCCCN1C(=Cc2c(O)c(=O)c2=O)C(C)(C)c2cc(-n3c4ccccc4c4ccccc43)ccc21. The number of allylic oxidation sites excluding steroid dienone is 1. The number of para-hydroxylation sites is 2. The molecule has 5 aromatic rings. The van der Waals surface area contributed by atoms with E-state index in [9.17, 15) is 14.7 Å². The number of unbranched alkanes of at least 4 members (excludes halogenated alkanes) is 3. The van der Waals surface area contributed by atoms with Crippen LogP contribution in [0.25, 0.3) is 33.6 Å². The normalized spacial score (nSPS) is 15.8. The fraction of sp³-hybridized carbons (Fsp3) is 0.273. The minimum atomic E-state index is -0.798. The van der Waals surface area contributed by atoms with Crippen molar-refractivity contribution in [2.45, 2.75) is 51.9 Å². The molecule has 0 spiro atoms. The van der Waals surface area contributed by atoms with Gasteiger partial charge in [0.05, 0.1) is 16.6 Å². The van der Waals surface area contributed by atoms with Crippen molar-refractivity contribution < 1.29 is 5.11 Å². The molecule has 0 amide bonds. The van der Waals surface area contributed by atoms with Gasteiger partial charge in [-0.05, 0) is 48.4 Å². The standard InChI is InChI=1S/C33H32N2O3/c1-4-5-6-11-18-34-28-17-16-21(35-26-14-9-7-12-22(26)23-13-8-10-15-27(23)35)19-25(28)33(2,3)29(34)20-24-30(36)32(38)31(24)37/h7-10,12-17,19-20,36H,4-6,11,18H2,1-3H3. The summed E-state index contributed by atoms with van der Waals surface area (Å²) in [5, 5.41) is 12.6. The molecule has 5 nitrogen and oxygen atoms in total. The highest BCUT2D eigenvalue weighted by Crippen LogP contribution is 2.49. The van der Waals surface area contributed by atoms with Gasteiger partial charge in [0, 0.05) is 39.8 Å². The van der Waals surface area contributed by atoms with Gasteiger partial charge in [-0.25, -0.2) is 0 Å². The molecule has 0 bridgehead atoms. The third-order valence-corrected chi connectivity index (χ3v) is 8.15. The second kappa shape index (κ2) is 9.02. The highest BCUT2D eigenvalue weighted by atomic mass is 16.3. The predicted molar refractivity (Wildman–Crippen MR) is 156 cm³/mol. The second-order valence-electron chi connectivity index (χ2n) is 10.9. The van der Waals surface area contributed by atoms with Crippen molar-refractivity contribution in [3.63, 3.8) is 0 Å². The van der Waals surface area contributed by atoms with Crippen molar-refractivity contribution in [2.75, 3.05) is 11.4 Å². The first-order chi connectivity index (χ1) is 18.3. The van der Waals surface area contributed by atoms with E-state index in [-0.39, 0.29) is 5.56 Å². The fourth-order valence-electron chi connectivity index (χ4n) is 6.07. The summed E-state index contributed by atoms with van der Waals surface area (Å²) in [6.45, 7) is 7.32. The molecule has 38 heavy (non-hydrogen) atoms. The van der Waals surface area contributed by atoms with Crippen molar-refractivity contribution in [1.29, 1.82) is 0 Å². The maximum absolute atomic E-state index is 12.3. The molecule has 5 heteroatoms. The molecule has 0 saturated carbocycles. The average Bonchev–Trinajstić information content (AvgIpc) is 3.37. The van der Waals surface area contributed by atoms with Crippen LogP contribution in [0.5, 0.6) is 5.75 Å². The van der Waals surface area contributed by atoms with Crippen LogP contribution in [-0.2, 0) is 5.41 Å². The number of fused-ring (bicyclic) bond motifs is 4. The smallest absolute Gasteiger partial charge is 0.268 e. The van der Waals surface area contributed by atoms with Crippen LogP contribution in [0.2, 0.25) is 0 Å². The Bertz CT molecular complexity index is 1740. The van der Waals surface area contributed by atoms with Crippen LogP contribution in [0.1, 0.15) is 57.6 Å². The third-order valence-electron chi connectivity index (χ3n) is 8.15. The fourth-order valence-corrected chi connectivity index (χ4v) is 6.07. The molecule has 1 aliphatic rings. The molecule has 4 aromatic carbocycles. The monoisotopic (exact) mass is 504 g/mol. The van der Waals surface area contributed by atoms with Crippen molar-refractivity contribution >= 4 is 33.6 Å². The maximum Gasteiger partial charge on any atom is 0.268 e. The van der Waals surface area contributed by atoms with Crippen LogP contribution in [0.15, 0.2) is 82.0 Å². The van der Waals surface area contributed by atoms with E-state index < -0.39 is 22.0 Å². The Kier molecular flexibility index (Phi) is 5.75. The molecule has 6 rings (SSSR count). The highest BCUT2D eigenvalue weighted by molar-refractivity contribution is 6.09. The van der Waals surface area contributed by atoms with E-state index in [0.717, 1.165) is 59.5 Å². The van der Waals surface area contributed by atoms with Crippen LogP contribution in [-0.4, -0.2) is 16.2 Å². The number of nitrogens with zero attached hydrogens (tertiary/aromatic N) is 2. The van der Waals surface area contributed by atoms with E-state index in [2.05, 4.69) is 97.0 Å². The average molecular weight is 505 g/mol. The van der Waals surface area contributed by atoms with Crippen molar-refractivity contribution in [1.82, 2.24) is 4.57 Å². The van der Waals surface area contributed by atoms with Gasteiger partial charge in [-0.1, -0.05) is 76.4 Å². The molecule has 1 aromatic heterocycles. The molecule has 0 fully saturated rings. The van der Waals surface area contributed by atoms with Crippen LogP contribution in [0.4, 0.5) is 5.69 Å². The molecule has 192 valence electrons. The summed E-state index contributed by atoms with van der Waals surface area (Å²) in [5.41, 5.74) is 4.89. The van der Waals surface area contributed by atoms with Crippen LogP contribution in [0.3, 0.4) is 0 Å². The number of aromatic nitrogens is 1. The van der Waals surface area contributed by atoms with Gasteiger partial charge in [0.1, 0.15) is 0 Å². The molecule has 0 radical (unpaired) electrons. The predicted octanol–water partition coefficient (Wildman–Crippen LogP) is 6.80. The van der Waals surface area contributed by atoms with Crippen molar-refractivity contribution in [2.24, 2.45) is 0 Å². The lowest BCUT2D eigenvalue weighted by Gasteiger charge is -2.27. The summed E-state index contributed by atoms with van der Waals surface area (Å²) in [6.07, 6.45) is 6.21. The second-order valence-corrected chi connectivity index (χ2v) is 10.9. The minimum absolute atomic E-state index is 0.118. The topological polar surface area (TPSA) is 62.5 Å². The molecule has 0 saturated heterocycles. The lowest BCUT2D eigenvalue weighted by Crippen LogP contribution is -2.34. The molecular formula is C33H32N2O3. The first-order valence-electron chi connectivity index (χ1n) is 13.5. The summed E-state index contributed by atoms with van der Waals surface area (Å²) in [7, 11) is 0. The maximum atomic E-state index is 12.3. The summed E-state index contributed by atoms with van der Waals surface area (Å²) in [4.78, 5) is 26.3. The number of hydrogen-bond acceptors (Lipinski definition) is 4. The van der Waals surface area contributed by atoms with Crippen LogP contribution < -0.4 is 15.8 Å². The minimum Gasteiger partial charge on any atom is -0.504 e.